The Morgan fingerprint density at radius 2 is 0.800 bits per heavy atom. The van der Waals surface area contributed by atoms with Gasteiger partial charge in [0, 0.05) is 18.4 Å². The van der Waals surface area contributed by atoms with E-state index in [0.717, 1.165) is 0 Å². The van der Waals surface area contributed by atoms with Crippen molar-refractivity contribution in [3.63, 3.8) is 0 Å². The second-order valence-electron chi connectivity index (χ2n) is 6.88. The highest BCUT2D eigenvalue weighted by Gasteiger charge is 2.26. The summed E-state index contributed by atoms with van der Waals surface area (Å²) in [5.74, 6) is 73.7. The van der Waals surface area contributed by atoms with Crippen LogP contribution >= 0.6 is 7.82 Å². The minimum atomic E-state index is -4.64. The van der Waals surface area contributed by atoms with Gasteiger partial charge in [0.1, 0.15) is 6.61 Å². The van der Waals surface area contributed by atoms with Crippen LogP contribution in [0, 0.1) is 189 Å². The largest absolute Gasteiger partial charge is 0.472 e. The smallest absolute Gasteiger partial charge is 0.413 e. The van der Waals surface area contributed by atoms with Crippen LogP contribution in [-0.2, 0) is 32.7 Å². The molecule has 0 heterocycles. The Bertz CT molecular complexity index is 2270. The summed E-state index contributed by atoms with van der Waals surface area (Å²) in [6.45, 7) is 1.95. The Hall–Kier alpha value is -8.03. The Labute approximate surface area is 291 Å². The summed E-state index contributed by atoms with van der Waals surface area (Å²) >= 11 is 0. The van der Waals surface area contributed by atoms with Crippen LogP contribution in [0.5, 0.6) is 0 Å². The van der Waals surface area contributed by atoms with Crippen LogP contribution < -0.4 is 5.73 Å². The molecule has 0 aromatic rings. The average Bonchev–Trinajstić information content (AvgIpc) is 3.09. The van der Waals surface area contributed by atoms with Gasteiger partial charge in [0.05, 0.1) is 6.61 Å². The molecule has 0 amide bonds. The fourth-order valence-corrected chi connectivity index (χ4v) is 2.51. The summed E-state index contributed by atoms with van der Waals surface area (Å²) in [5, 5.41) is 0. The second-order valence-corrected chi connectivity index (χ2v) is 8.33. The maximum atomic E-state index is 12.1. The molecule has 3 N–H and O–H groups in total. The maximum absolute atomic E-state index is 12.1. The third-order valence-electron chi connectivity index (χ3n) is 3.43. The number of phosphoric ester groups is 1. The van der Waals surface area contributed by atoms with Crippen molar-refractivity contribution >= 4 is 19.8 Å². The lowest BCUT2D eigenvalue weighted by molar-refractivity contribution is -0.185. The molecule has 1 unspecified atom stereocenters. The molecule has 0 aromatic carbocycles. The zero-order chi connectivity index (χ0) is 36.8. The van der Waals surface area contributed by atoms with Crippen LogP contribution in [0.1, 0.15) is 13.8 Å². The molecule has 234 valence electrons. The van der Waals surface area contributed by atoms with E-state index >= 15 is 0 Å². The van der Waals surface area contributed by atoms with E-state index in [1.807, 2.05) is 11.8 Å². The maximum Gasteiger partial charge on any atom is 0.472 e. The lowest BCUT2D eigenvalue weighted by atomic mass is 10.4. The second kappa shape index (κ2) is 31.0. The van der Waals surface area contributed by atoms with Gasteiger partial charge in [0.15, 0.2) is 0 Å². The normalized spacial score (nSPS) is 7.62. The first-order valence-electron chi connectivity index (χ1n) is 12.9. The van der Waals surface area contributed by atoms with Crippen molar-refractivity contribution in [2.45, 2.75) is 20.1 Å². The molecule has 10 heteroatoms. The Balaban J connectivity index is 5.35. The molecular weight excluding hydrogens is 653 g/mol. The third kappa shape index (κ3) is 30.0. The summed E-state index contributed by atoms with van der Waals surface area (Å²) in [5.41, 5.74) is 5.22. The minimum Gasteiger partial charge on any atom is -0.413 e. The summed E-state index contributed by atoms with van der Waals surface area (Å²) in [6.07, 6.45) is -1.88. The molecule has 9 nitrogen and oxygen atoms in total. The molecule has 0 saturated carbocycles. The third-order valence-corrected chi connectivity index (χ3v) is 4.41. The van der Waals surface area contributed by atoms with Crippen molar-refractivity contribution in [3.8, 4) is 189 Å². The van der Waals surface area contributed by atoms with E-state index in [1.165, 1.54) is 0 Å². The molecule has 0 rings (SSSR count). The zero-order valence-corrected chi connectivity index (χ0v) is 26.9. The zero-order valence-electron chi connectivity index (χ0n) is 26.0. The quantitative estimate of drug-likeness (QED) is 0.116. The van der Waals surface area contributed by atoms with Crippen LogP contribution in [0.3, 0.4) is 0 Å². The number of carbonyl (C=O) groups is 2. The summed E-state index contributed by atoms with van der Waals surface area (Å²) in [6, 6.07) is 0. The van der Waals surface area contributed by atoms with Crippen LogP contribution in [0.25, 0.3) is 0 Å². The average molecular weight is 670 g/mol. The van der Waals surface area contributed by atoms with Crippen LogP contribution in [-0.4, -0.2) is 42.9 Å². The number of rotatable bonds is 8. The van der Waals surface area contributed by atoms with E-state index < -0.39 is 32.7 Å². The van der Waals surface area contributed by atoms with Crippen molar-refractivity contribution in [2.24, 2.45) is 5.73 Å². The van der Waals surface area contributed by atoms with Crippen molar-refractivity contribution in [2.75, 3.05) is 19.8 Å². The molecule has 0 fully saturated rings. The summed E-state index contributed by atoms with van der Waals surface area (Å²) in [4.78, 5) is 33.8. The summed E-state index contributed by atoms with van der Waals surface area (Å²) in [7, 11) is -4.64. The van der Waals surface area contributed by atoms with Gasteiger partial charge in [-0.15, -0.1) is 0 Å². The molecule has 0 aliphatic heterocycles. The number of hydrogen-bond donors (Lipinski definition) is 2. The van der Waals surface area contributed by atoms with Gasteiger partial charge in [0.2, 0.25) is 0 Å². The Morgan fingerprint density at radius 1 is 0.520 bits per heavy atom. The minimum absolute atomic E-state index is 0.0904. The number of ether oxygens (including phenoxy) is 2. The van der Waals surface area contributed by atoms with Crippen molar-refractivity contribution in [1.29, 1.82) is 0 Å². The molecule has 0 aromatic heterocycles. The Morgan fingerprint density at radius 3 is 1.08 bits per heavy atom. The van der Waals surface area contributed by atoms with E-state index in [9.17, 15) is 19.0 Å². The van der Waals surface area contributed by atoms with E-state index in [4.69, 9.17) is 15.2 Å². The highest BCUT2D eigenvalue weighted by molar-refractivity contribution is 7.47. The molecule has 0 radical (unpaired) electrons. The van der Waals surface area contributed by atoms with Gasteiger partial charge in [-0.05, 0) is 180 Å². The fourth-order valence-electron chi connectivity index (χ4n) is 1.79. The molecule has 0 saturated heterocycles. The molecule has 0 aliphatic rings. The van der Waals surface area contributed by atoms with Gasteiger partial charge >= 0.3 is 19.8 Å². The SMILES string of the molecule is CC#CC#CC#CC#CC#CC#CC#CC#CC(=O)OC(COP(=O)(O)OCCN)OC(=O)C#CC#CC#CC#CC#CC#CC#CC#CC. The first-order chi connectivity index (χ1) is 24.3. The standard InChI is InChI=1S/C40H16NO8P/c1-3-5-7-9-11-13-15-17-19-21-23-25-27-29-31-33-38(42)48-40(37-47-50(44,45)46-36-35-41)49-39(43)34-32-30-28-26-24-22-20-18-16-14-12-10-8-6-4-2/h40H,35-37,41H2,1-2H3,(H,44,45). The van der Waals surface area contributed by atoms with Crippen LogP contribution in [0.2, 0.25) is 0 Å². The first-order valence-corrected chi connectivity index (χ1v) is 14.4. The van der Waals surface area contributed by atoms with Gasteiger partial charge < -0.3 is 20.1 Å². The van der Waals surface area contributed by atoms with Gasteiger partial charge in [-0.1, -0.05) is 11.8 Å². The van der Waals surface area contributed by atoms with Gasteiger partial charge in [0.25, 0.3) is 6.29 Å². The van der Waals surface area contributed by atoms with E-state index in [-0.39, 0.29) is 13.2 Å². The molecular formula is C40H16NO8P. The molecule has 50 heavy (non-hydrogen) atoms. The fraction of sp³-hybridized carbons (Fsp3) is 0.150. The lowest BCUT2D eigenvalue weighted by Gasteiger charge is -2.17. The molecule has 1 atom stereocenters. The Kier molecular flexibility index (Phi) is 26.0. The number of phosphoric acid groups is 1. The predicted molar refractivity (Wildman–Crippen MR) is 183 cm³/mol. The molecule has 0 spiro atoms. The topological polar surface area (TPSA) is 134 Å². The van der Waals surface area contributed by atoms with Crippen molar-refractivity contribution < 1.29 is 37.6 Å². The van der Waals surface area contributed by atoms with Crippen LogP contribution in [0.15, 0.2) is 0 Å². The van der Waals surface area contributed by atoms with E-state index in [1.54, 1.807) is 13.8 Å². The highest BCUT2D eigenvalue weighted by Crippen LogP contribution is 2.43. The highest BCUT2D eigenvalue weighted by atomic mass is 31.2. The van der Waals surface area contributed by atoms with Gasteiger partial charge in [-0.25, -0.2) is 14.2 Å². The van der Waals surface area contributed by atoms with Gasteiger partial charge in [-0.3, -0.25) is 9.05 Å². The number of esters is 2. The predicted octanol–water partition coefficient (Wildman–Crippen LogP) is -0.415. The van der Waals surface area contributed by atoms with Gasteiger partial charge in [-0.2, -0.15) is 0 Å². The monoisotopic (exact) mass is 669 g/mol. The molecule has 0 bridgehead atoms. The first kappa shape index (κ1) is 42.0. The van der Waals surface area contributed by atoms with Crippen molar-refractivity contribution in [3.05, 3.63) is 0 Å². The van der Waals surface area contributed by atoms with E-state index in [0.29, 0.717) is 0 Å². The number of nitrogens with two attached hydrogens (primary N) is 1. The number of hydrogen-bond acceptors (Lipinski definition) is 8. The van der Waals surface area contributed by atoms with E-state index in [2.05, 4.69) is 187 Å². The molecule has 0 aliphatic carbocycles. The van der Waals surface area contributed by atoms with Crippen molar-refractivity contribution in [1.82, 2.24) is 0 Å². The summed E-state index contributed by atoms with van der Waals surface area (Å²) < 4.78 is 30.8. The lowest BCUT2D eigenvalue weighted by Crippen LogP contribution is -2.28. The number of carbonyl (C=O) groups excluding carboxylic acids is 2. The van der Waals surface area contributed by atoms with Crippen LogP contribution in [0.4, 0.5) is 0 Å².